The molecule has 3 heteroatoms. The number of rotatable bonds is 5. The molecule has 1 fully saturated rings. The minimum absolute atomic E-state index is 0.646. The Bertz CT molecular complexity index is 130. The van der Waals surface area contributed by atoms with Crippen molar-refractivity contribution in [3.8, 4) is 0 Å². The molecular formula is C10H23N3. The van der Waals surface area contributed by atoms with Gasteiger partial charge in [-0.3, -0.25) is 0 Å². The van der Waals surface area contributed by atoms with Crippen molar-refractivity contribution in [1.82, 2.24) is 15.5 Å². The Morgan fingerprint density at radius 1 is 1.54 bits per heavy atom. The molecule has 2 unspecified atom stereocenters. The fraction of sp³-hybridized carbons (Fsp3) is 1.00. The Morgan fingerprint density at radius 3 is 2.85 bits per heavy atom. The molecule has 0 saturated carbocycles. The fourth-order valence-corrected chi connectivity index (χ4v) is 1.73. The molecule has 0 spiro atoms. The predicted octanol–water partition coefficient (Wildman–Crippen LogP) is 0.278. The number of hydrogen-bond acceptors (Lipinski definition) is 3. The van der Waals surface area contributed by atoms with Crippen molar-refractivity contribution in [2.75, 3.05) is 33.7 Å². The van der Waals surface area contributed by atoms with Crippen LogP contribution in [0.15, 0.2) is 0 Å². The molecule has 1 aliphatic heterocycles. The standard InChI is InChI=1S/C10H23N3/c1-9(5-7-13(2)3)12-10-4-6-11-8-10/h9-12H,4-8H2,1-3H3. The summed E-state index contributed by atoms with van der Waals surface area (Å²) in [6.07, 6.45) is 2.52. The van der Waals surface area contributed by atoms with Crippen LogP contribution in [0.3, 0.4) is 0 Å². The first-order valence-electron chi connectivity index (χ1n) is 5.30. The summed E-state index contributed by atoms with van der Waals surface area (Å²) in [5, 5.41) is 7.01. The van der Waals surface area contributed by atoms with Crippen LogP contribution in [0.2, 0.25) is 0 Å². The van der Waals surface area contributed by atoms with Crippen LogP contribution in [0.5, 0.6) is 0 Å². The summed E-state index contributed by atoms with van der Waals surface area (Å²) in [5.41, 5.74) is 0. The molecule has 0 aromatic rings. The van der Waals surface area contributed by atoms with E-state index in [1.165, 1.54) is 25.9 Å². The average Bonchev–Trinajstić information content (AvgIpc) is 2.53. The smallest absolute Gasteiger partial charge is 0.0207 e. The van der Waals surface area contributed by atoms with E-state index in [1.807, 2.05) is 0 Å². The van der Waals surface area contributed by atoms with Gasteiger partial charge in [0.15, 0.2) is 0 Å². The number of nitrogens with one attached hydrogen (secondary N) is 2. The van der Waals surface area contributed by atoms with Crippen LogP contribution < -0.4 is 10.6 Å². The van der Waals surface area contributed by atoms with Crippen LogP contribution in [0, 0.1) is 0 Å². The quantitative estimate of drug-likeness (QED) is 0.644. The van der Waals surface area contributed by atoms with Gasteiger partial charge in [0.05, 0.1) is 0 Å². The van der Waals surface area contributed by atoms with Gasteiger partial charge < -0.3 is 15.5 Å². The van der Waals surface area contributed by atoms with E-state index in [2.05, 4.69) is 36.6 Å². The van der Waals surface area contributed by atoms with Crippen LogP contribution in [0.4, 0.5) is 0 Å². The van der Waals surface area contributed by atoms with Gasteiger partial charge in [0.2, 0.25) is 0 Å². The van der Waals surface area contributed by atoms with Gasteiger partial charge in [0, 0.05) is 18.6 Å². The topological polar surface area (TPSA) is 27.3 Å². The van der Waals surface area contributed by atoms with Crippen LogP contribution in [-0.4, -0.2) is 50.7 Å². The summed E-state index contributed by atoms with van der Waals surface area (Å²) in [7, 11) is 4.26. The highest BCUT2D eigenvalue weighted by Gasteiger charge is 2.15. The van der Waals surface area contributed by atoms with E-state index >= 15 is 0 Å². The Kier molecular flexibility index (Phi) is 4.70. The lowest BCUT2D eigenvalue weighted by Gasteiger charge is -2.20. The molecule has 3 nitrogen and oxygen atoms in total. The molecule has 0 bridgehead atoms. The summed E-state index contributed by atoms with van der Waals surface area (Å²) >= 11 is 0. The molecule has 0 aliphatic carbocycles. The van der Waals surface area contributed by atoms with Gasteiger partial charge in [0.1, 0.15) is 0 Å². The second kappa shape index (κ2) is 5.58. The minimum Gasteiger partial charge on any atom is -0.315 e. The molecule has 78 valence electrons. The lowest BCUT2D eigenvalue weighted by Crippen LogP contribution is -2.39. The summed E-state index contributed by atoms with van der Waals surface area (Å²) in [5.74, 6) is 0. The van der Waals surface area contributed by atoms with Gasteiger partial charge in [-0.25, -0.2) is 0 Å². The van der Waals surface area contributed by atoms with Gasteiger partial charge in [0.25, 0.3) is 0 Å². The Morgan fingerprint density at radius 2 is 2.31 bits per heavy atom. The van der Waals surface area contributed by atoms with E-state index in [-0.39, 0.29) is 0 Å². The zero-order chi connectivity index (χ0) is 9.68. The van der Waals surface area contributed by atoms with Crippen molar-refractivity contribution in [3.05, 3.63) is 0 Å². The second-order valence-electron chi connectivity index (χ2n) is 4.35. The van der Waals surface area contributed by atoms with Crippen LogP contribution in [-0.2, 0) is 0 Å². The zero-order valence-electron chi connectivity index (χ0n) is 9.14. The monoisotopic (exact) mass is 185 g/mol. The maximum atomic E-state index is 3.64. The highest BCUT2D eigenvalue weighted by molar-refractivity contribution is 4.79. The van der Waals surface area contributed by atoms with E-state index in [9.17, 15) is 0 Å². The lowest BCUT2D eigenvalue weighted by molar-refractivity contribution is 0.352. The first kappa shape index (κ1) is 11.0. The zero-order valence-corrected chi connectivity index (χ0v) is 9.14. The highest BCUT2D eigenvalue weighted by Crippen LogP contribution is 2.01. The summed E-state index contributed by atoms with van der Waals surface area (Å²) in [4.78, 5) is 2.24. The third kappa shape index (κ3) is 4.60. The van der Waals surface area contributed by atoms with Crippen LogP contribution >= 0.6 is 0 Å². The Hall–Kier alpha value is -0.120. The van der Waals surface area contributed by atoms with Crippen molar-refractivity contribution in [2.24, 2.45) is 0 Å². The lowest BCUT2D eigenvalue weighted by atomic mass is 10.2. The van der Waals surface area contributed by atoms with Crippen molar-refractivity contribution in [1.29, 1.82) is 0 Å². The summed E-state index contributed by atoms with van der Waals surface area (Å²) in [6, 6.07) is 1.35. The molecule has 0 aromatic carbocycles. The van der Waals surface area contributed by atoms with Gasteiger partial charge in [-0.2, -0.15) is 0 Å². The molecule has 1 aliphatic rings. The van der Waals surface area contributed by atoms with Crippen molar-refractivity contribution < 1.29 is 0 Å². The van der Waals surface area contributed by atoms with Crippen LogP contribution in [0.25, 0.3) is 0 Å². The minimum atomic E-state index is 0.646. The number of nitrogens with zero attached hydrogens (tertiary/aromatic N) is 1. The predicted molar refractivity (Wildman–Crippen MR) is 57.0 cm³/mol. The molecule has 13 heavy (non-hydrogen) atoms. The molecule has 0 radical (unpaired) electrons. The van der Waals surface area contributed by atoms with Crippen molar-refractivity contribution >= 4 is 0 Å². The molecule has 1 heterocycles. The van der Waals surface area contributed by atoms with E-state index < -0.39 is 0 Å². The Balaban J connectivity index is 2.05. The van der Waals surface area contributed by atoms with Crippen molar-refractivity contribution in [2.45, 2.75) is 31.8 Å². The van der Waals surface area contributed by atoms with E-state index in [0.717, 1.165) is 6.54 Å². The highest BCUT2D eigenvalue weighted by atomic mass is 15.1. The molecule has 1 saturated heterocycles. The van der Waals surface area contributed by atoms with Gasteiger partial charge >= 0.3 is 0 Å². The molecular weight excluding hydrogens is 162 g/mol. The third-order valence-corrected chi connectivity index (χ3v) is 2.59. The van der Waals surface area contributed by atoms with E-state index in [0.29, 0.717) is 12.1 Å². The second-order valence-corrected chi connectivity index (χ2v) is 4.35. The van der Waals surface area contributed by atoms with E-state index in [1.54, 1.807) is 0 Å². The van der Waals surface area contributed by atoms with Crippen molar-refractivity contribution in [3.63, 3.8) is 0 Å². The van der Waals surface area contributed by atoms with Gasteiger partial charge in [-0.15, -0.1) is 0 Å². The molecule has 1 rings (SSSR count). The average molecular weight is 185 g/mol. The van der Waals surface area contributed by atoms with E-state index in [4.69, 9.17) is 0 Å². The third-order valence-electron chi connectivity index (χ3n) is 2.59. The number of hydrogen-bond donors (Lipinski definition) is 2. The molecule has 2 N–H and O–H groups in total. The fourth-order valence-electron chi connectivity index (χ4n) is 1.73. The summed E-state index contributed by atoms with van der Waals surface area (Å²) < 4.78 is 0. The molecule has 0 amide bonds. The van der Waals surface area contributed by atoms with Gasteiger partial charge in [-0.1, -0.05) is 0 Å². The normalized spacial score (nSPS) is 25.4. The van der Waals surface area contributed by atoms with Gasteiger partial charge in [-0.05, 0) is 47.0 Å². The summed E-state index contributed by atoms with van der Waals surface area (Å²) in [6.45, 7) is 5.78. The molecule has 2 atom stereocenters. The Labute approximate surface area is 81.9 Å². The van der Waals surface area contributed by atoms with Crippen LogP contribution in [0.1, 0.15) is 19.8 Å². The largest absolute Gasteiger partial charge is 0.315 e. The SMILES string of the molecule is CC(CCN(C)C)NC1CCNC1. The molecule has 0 aromatic heterocycles. The maximum Gasteiger partial charge on any atom is 0.0207 e. The first-order valence-corrected chi connectivity index (χ1v) is 5.30. The maximum absolute atomic E-state index is 3.64. The first-order chi connectivity index (χ1) is 6.18.